The Morgan fingerprint density at radius 2 is 1.49 bits per heavy atom. The highest BCUT2D eigenvalue weighted by Crippen LogP contribution is 2.33. The molecule has 5 fully saturated rings. The second-order valence-electron chi connectivity index (χ2n) is 12.9. The Bertz CT molecular complexity index is 1340. The van der Waals surface area contributed by atoms with Crippen LogP contribution in [0.15, 0.2) is 30.3 Å². The summed E-state index contributed by atoms with van der Waals surface area (Å²) in [6, 6.07) is 7.76. The van der Waals surface area contributed by atoms with Gasteiger partial charge in [0.1, 0.15) is 12.2 Å². The minimum Gasteiger partial charge on any atom is -0.378 e. The largest absolute Gasteiger partial charge is 0.378 e. The molecule has 0 aromatic heterocycles. The lowest BCUT2D eigenvalue weighted by Gasteiger charge is -2.36. The maximum absolute atomic E-state index is 13.7. The van der Waals surface area contributed by atoms with Crippen molar-refractivity contribution in [3.8, 4) is 0 Å². The van der Waals surface area contributed by atoms with E-state index in [1.165, 1.54) is 6.92 Å². The number of nitrogens with one attached hydrogen (secondary N) is 1. The summed E-state index contributed by atoms with van der Waals surface area (Å²) in [5, 5.41) is 13.6. The molecule has 5 aliphatic heterocycles. The Kier molecular flexibility index (Phi) is 8.80. The van der Waals surface area contributed by atoms with Gasteiger partial charge in [-0.3, -0.25) is 28.8 Å². The zero-order valence-electron chi connectivity index (χ0n) is 25.7. The van der Waals surface area contributed by atoms with Gasteiger partial charge in [-0.15, -0.1) is 0 Å². The van der Waals surface area contributed by atoms with E-state index in [1.54, 1.807) is 48.8 Å². The van der Waals surface area contributed by atoms with Gasteiger partial charge in [0.05, 0.1) is 6.42 Å². The number of likely N-dealkylation sites (tertiary alicyclic amines) is 2. The molecule has 0 spiro atoms. The molecule has 1 aromatic carbocycles. The molecule has 1 aromatic rings. The van der Waals surface area contributed by atoms with Crippen LogP contribution < -0.4 is 5.32 Å². The molecule has 5 saturated heterocycles. The van der Waals surface area contributed by atoms with E-state index in [0.29, 0.717) is 76.9 Å². The van der Waals surface area contributed by atoms with Gasteiger partial charge in [0, 0.05) is 70.6 Å². The normalized spacial score (nSPS) is 26.8. The Balaban J connectivity index is 1.02. The molecule has 4 atom stereocenters. The summed E-state index contributed by atoms with van der Waals surface area (Å²) >= 11 is 0. The Morgan fingerprint density at radius 1 is 0.844 bits per heavy atom. The summed E-state index contributed by atoms with van der Waals surface area (Å²) in [4.78, 5) is 86.5. The molecule has 13 heteroatoms. The van der Waals surface area contributed by atoms with Gasteiger partial charge < -0.3 is 34.9 Å². The number of aliphatic hydroxyl groups is 1. The lowest BCUT2D eigenvalue weighted by Crippen LogP contribution is -2.50. The zero-order valence-corrected chi connectivity index (χ0v) is 25.7. The number of piperidine rings is 2. The van der Waals surface area contributed by atoms with Crippen LogP contribution in [0.2, 0.25) is 0 Å². The van der Waals surface area contributed by atoms with Crippen LogP contribution in [0.1, 0.15) is 57.1 Å². The molecule has 6 amide bonds. The number of nitrogens with zero attached hydrogens (tertiary/aromatic N) is 5. The number of aliphatic hydroxyl groups excluding tert-OH is 1. The Morgan fingerprint density at radius 3 is 2.16 bits per heavy atom. The highest BCUT2D eigenvalue weighted by molar-refractivity contribution is 5.93. The summed E-state index contributed by atoms with van der Waals surface area (Å²) in [6.45, 7) is 4.26. The molecule has 0 radical (unpaired) electrons. The van der Waals surface area contributed by atoms with Crippen molar-refractivity contribution in [2.75, 3.05) is 45.8 Å². The van der Waals surface area contributed by atoms with Crippen molar-refractivity contribution >= 4 is 35.4 Å². The average Bonchev–Trinajstić information content (AvgIpc) is 3.66. The first-order valence-electron chi connectivity index (χ1n) is 16.1. The summed E-state index contributed by atoms with van der Waals surface area (Å²) in [5.74, 6) is -1.52. The van der Waals surface area contributed by atoms with Crippen molar-refractivity contribution < 1.29 is 33.9 Å². The number of carbonyl (C=O) groups is 6. The highest BCUT2D eigenvalue weighted by Gasteiger charge is 2.51. The first kappa shape index (κ1) is 31.0. The van der Waals surface area contributed by atoms with Crippen LogP contribution in [0.3, 0.4) is 0 Å². The fourth-order valence-electron chi connectivity index (χ4n) is 7.64. The smallest absolute Gasteiger partial charge is 0.256 e. The van der Waals surface area contributed by atoms with Gasteiger partial charge in [0.15, 0.2) is 6.10 Å². The second kappa shape index (κ2) is 12.8. The van der Waals surface area contributed by atoms with E-state index in [1.807, 2.05) is 6.07 Å². The van der Waals surface area contributed by atoms with Gasteiger partial charge in [-0.05, 0) is 37.7 Å². The standard InChI is InChI=1S/C32H42N6O7/c1-20(39)34-11-7-22(8-12-34)29(42)33-24-17-25-31(44)37-16-15-36(26(37)18-27(40)38(25)19-24)30(43)23-9-13-35(14-10-23)32(45)28(41)21-5-3-2-4-6-21/h2-6,22-26,28,41H,7-19H2,1H3,(H,33,42). The van der Waals surface area contributed by atoms with E-state index >= 15 is 0 Å². The molecular weight excluding hydrogens is 580 g/mol. The fraction of sp³-hybridized carbons (Fsp3) is 0.625. The number of rotatable bonds is 5. The van der Waals surface area contributed by atoms with Crippen molar-refractivity contribution in [2.45, 2.75) is 69.8 Å². The molecule has 4 unspecified atom stereocenters. The lowest BCUT2D eigenvalue weighted by atomic mass is 9.94. The first-order chi connectivity index (χ1) is 21.6. The highest BCUT2D eigenvalue weighted by atomic mass is 16.3. The molecule has 5 heterocycles. The van der Waals surface area contributed by atoms with Gasteiger partial charge in [0.25, 0.3) is 5.91 Å². The number of hydrogen-bond donors (Lipinski definition) is 2. The molecule has 13 nitrogen and oxygen atoms in total. The predicted molar refractivity (Wildman–Crippen MR) is 160 cm³/mol. The maximum atomic E-state index is 13.7. The van der Waals surface area contributed by atoms with Crippen molar-refractivity contribution in [1.29, 1.82) is 0 Å². The van der Waals surface area contributed by atoms with Crippen LogP contribution in [0, 0.1) is 11.8 Å². The van der Waals surface area contributed by atoms with Crippen LogP contribution in [0.25, 0.3) is 0 Å². The summed E-state index contributed by atoms with van der Waals surface area (Å²) < 4.78 is 0. The van der Waals surface area contributed by atoms with Crippen LogP contribution in [-0.4, -0.2) is 129 Å². The van der Waals surface area contributed by atoms with Gasteiger partial charge in [-0.1, -0.05) is 30.3 Å². The topological polar surface area (TPSA) is 151 Å². The average molecular weight is 623 g/mol. The predicted octanol–water partition coefficient (Wildman–Crippen LogP) is -0.297. The first-order valence-corrected chi connectivity index (χ1v) is 16.1. The zero-order chi connectivity index (χ0) is 31.8. The third kappa shape index (κ3) is 6.14. The monoisotopic (exact) mass is 622 g/mol. The van der Waals surface area contributed by atoms with E-state index in [0.717, 1.165) is 0 Å². The number of amides is 6. The SMILES string of the molecule is CC(=O)N1CCC(C(=O)NC2CC3C(=O)N4CCN(C(=O)C5CCN(C(=O)C(O)c6ccccc6)CC5)C4CC(=O)N3C2)CC1. The van der Waals surface area contributed by atoms with Crippen LogP contribution in [-0.2, 0) is 28.8 Å². The number of hydrogen-bond acceptors (Lipinski definition) is 7. The number of benzene rings is 1. The minimum atomic E-state index is -1.25. The van der Waals surface area contributed by atoms with Crippen LogP contribution >= 0.6 is 0 Å². The van der Waals surface area contributed by atoms with Gasteiger partial charge in [0.2, 0.25) is 29.5 Å². The Hall–Kier alpha value is -4.00. The molecule has 0 saturated carbocycles. The quantitative estimate of drug-likeness (QED) is 0.458. The number of fused-ring (bicyclic) bond motifs is 2. The van der Waals surface area contributed by atoms with E-state index in [4.69, 9.17) is 0 Å². The molecule has 2 N–H and O–H groups in total. The molecule has 45 heavy (non-hydrogen) atoms. The lowest BCUT2D eigenvalue weighted by molar-refractivity contribution is -0.147. The molecule has 5 aliphatic rings. The van der Waals surface area contributed by atoms with Crippen LogP contribution in [0.5, 0.6) is 0 Å². The molecule has 6 rings (SSSR count). The van der Waals surface area contributed by atoms with E-state index in [2.05, 4.69) is 5.32 Å². The third-order valence-corrected chi connectivity index (χ3v) is 10.3. The molecule has 242 valence electrons. The third-order valence-electron chi connectivity index (χ3n) is 10.3. The molecular formula is C32H42N6O7. The summed E-state index contributed by atoms with van der Waals surface area (Å²) in [6.07, 6.45) is 0.534. The molecule has 0 bridgehead atoms. The molecule has 0 aliphatic carbocycles. The fourth-order valence-corrected chi connectivity index (χ4v) is 7.64. The summed E-state index contributed by atoms with van der Waals surface area (Å²) in [7, 11) is 0. The number of carbonyl (C=O) groups excluding carboxylic acids is 6. The van der Waals surface area contributed by atoms with E-state index in [-0.39, 0.29) is 66.3 Å². The van der Waals surface area contributed by atoms with Crippen molar-refractivity contribution in [3.05, 3.63) is 35.9 Å². The van der Waals surface area contributed by atoms with Gasteiger partial charge in [-0.2, -0.15) is 0 Å². The van der Waals surface area contributed by atoms with Crippen molar-refractivity contribution in [2.24, 2.45) is 11.8 Å². The minimum absolute atomic E-state index is 0.00671. The summed E-state index contributed by atoms with van der Waals surface area (Å²) in [5.41, 5.74) is 0.529. The second-order valence-corrected chi connectivity index (χ2v) is 12.9. The Labute approximate surface area is 262 Å². The van der Waals surface area contributed by atoms with E-state index in [9.17, 15) is 33.9 Å². The van der Waals surface area contributed by atoms with Gasteiger partial charge >= 0.3 is 0 Å². The van der Waals surface area contributed by atoms with E-state index < -0.39 is 18.3 Å². The van der Waals surface area contributed by atoms with Gasteiger partial charge in [-0.25, -0.2) is 0 Å². The van der Waals surface area contributed by atoms with Crippen molar-refractivity contribution in [3.63, 3.8) is 0 Å². The van der Waals surface area contributed by atoms with Crippen LogP contribution in [0.4, 0.5) is 0 Å². The maximum Gasteiger partial charge on any atom is 0.256 e. The van der Waals surface area contributed by atoms with Crippen molar-refractivity contribution in [1.82, 2.24) is 29.8 Å².